The van der Waals surface area contributed by atoms with Gasteiger partial charge in [-0.25, -0.2) is 0 Å². The van der Waals surface area contributed by atoms with Crippen LogP contribution in [0, 0.1) is 23.2 Å². The average molecular weight is 405 g/mol. The first-order valence-corrected chi connectivity index (χ1v) is 11.2. The second-order valence-electron chi connectivity index (χ2n) is 8.79. The Kier molecular flexibility index (Phi) is 4.81. The molecular weight excluding hydrogens is 376 g/mol. The van der Waals surface area contributed by atoms with Crippen molar-refractivity contribution in [2.24, 2.45) is 23.2 Å². The summed E-state index contributed by atoms with van der Waals surface area (Å²) in [4.78, 5) is 24.6. The fourth-order valence-corrected chi connectivity index (χ4v) is 6.74. The summed E-state index contributed by atoms with van der Waals surface area (Å²) in [5, 5.41) is 1.06. The first-order valence-electron chi connectivity index (χ1n) is 10.1. The number of rotatable bonds is 4. The Bertz CT molecular complexity index is 659. The summed E-state index contributed by atoms with van der Waals surface area (Å²) in [5.74, 6) is 2.53. The van der Waals surface area contributed by atoms with Crippen molar-refractivity contribution in [2.45, 2.75) is 71.1 Å². The third-order valence-corrected chi connectivity index (χ3v) is 8.05. The Morgan fingerprint density at radius 2 is 1.96 bits per heavy atom. The summed E-state index contributed by atoms with van der Waals surface area (Å²) in [7, 11) is 0. The molecule has 0 spiro atoms. The zero-order chi connectivity index (χ0) is 17.6. The van der Waals surface area contributed by atoms with Crippen molar-refractivity contribution in [3.05, 3.63) is 22.8 Å². The lowest BCUT2D eigenvalue weighted by atomic mass is 9.53. The van der Waals surface area contributed by atoms with Gasteiger partial charge in [0.1, 0.15) is 5.78 Å². The van der Waals surface area contributed by atoms with Gasteiger partial charge >= 0.3 is 0 Å². The van der Waals surface area contributed by atoms with Crippen LogP contribution in [0.1, 0.15) is 71.1 Å². The minimum Gasteiger partial charge on any atom is -0.299 e. The number of alkyl halides is 1. The van der Waals surface area contributed by atoms with Crippen molar-refractivity contribution < 1.29 is 9.59 Å². The Morgan fingerprint density at radius 3 is 2.76 bits per heavy atom. The summed E-state index contributed by atoms with van der Waals surface area (Å²) in [6.07, 6.45) is 12.3. The number of carbonyl (C=O) groups excluding carboxylic acids is 2. The topological polar surface area (TPSA) is 34.1 Å². The van der Waals surface area contributed by atoms with Crippen LogP contribution < -0.4 is 0 Å². The predicted octanol–water partition coefficient (Wildman–Crippen LogP) is 5.55. The molecule has 4 rings (SSSR count). The van der Waals surface area contributed by atoms with Crippen LogP contribution in [0.25, 0.3) is 0 Å². The van der Waals surface area contributed by atoms with Gasteiger partial charge in [0.15, 0.2) is 5.78 Å². The van der Waals surface area contributed by atoms with Crippen molar-refractivity contribution in [1.29, 1.82) is 0 Å². The van der Waals surface area contributed by atoms with Crippen LogP contribution in [0.15, 0.2) is 22.8 Å². The summed E-state index contributed by atoms with van der Waals surface area (Å²) in [6.45, 7) is 2.27. The van der Waals surface area contributed by atoms with Gasteiger partial charge in [-0.1, -0.05) is 34.8 Å². The molecule has 136 valence electrons. The fourth-order valence-electron chi connectivity index (χ4n) is 6.35. The lowest BCUT2D eigenvalue weighted by Crippen LogP contribution is -2.44. The third-order valence-electron chi connectivity index (χ3n) is 7.49. The highest BCUT2D eigenvalue weighted by atomic mass is 79.9. The molecule has 2 fully saturated rings. The van der Waals surface area contributed by atoms with E-state index in [1.165, 1.54) is 30.4 Å². The molecule has 0 bridgehead atoms. The van der Waals surface area contributed by atoms with Crippen LogP contribution in [0.5, 0.6) is 0 Å². The molecule has 0 amide bonds. The molecular formula is C22H29BrO2. The standard InChI is InChI=1S/C22H29BrO2/c1-22-13-15(4-2-3-11-23)21-17-8-6-16(24)12-14(17)5-7-18(21)19(22)9-10-20(22)25/h12,15,18-19H,2-11,13H2,1H3/t15-,18-,19-,22-/m0/s1. The molecule has 4 atom stereocenters. The Hall–Kier alpha value is -0.700. The number of allylic oxidation sites excluding steroid dienone is 4. The van der Waals surface area contributed by atoms with Crippen LogP contribution >= 0.6 is 15.9 Å². The predicted molar refractivity (Wildman–Crippen MR) is 104 cm³/mol. The van der Waals surface area contributed by atoms with Crippen molar-refractivity contribution in [3.63, 3.8) is 0 Å². The second-order valence-corrected chi connectivity index (χ2v) is 9.58. The summed E-state index contributed by atoms with van der Waals surface area (Å²) in [6, 6.07) is 0. The number of hydrogen-bond acceptors (Lipinski definition) is 2. The minimum absolute atomic E-state index is 0.0838. The van der Waals surface area contributed by atoms with E-state index >= 15 is 0 Å². The van der Waals surface area contributed by atoms with Gasteiger partial charge in [-0.05, 0) is 79.9 Å². The number of unbranched alkanes of at least 4 members (excludes halogenated alkanes) is 1. The normalized spacial score (nSPS) is 37.5. The average Bonchev–Trinajstić information content (AvgIpc) is 2.89. The molecule has 0 aliphatic heterocycles. The molecule has 0 aromatic rings. The van der Waals surface area contributed by atoms with E-state index in [9.17, 15) is 9.59 Å². The number of fused-ring (bicyclic) bond motifs is 4. The van der Waals surface area contributed by atoms with Crippen LogP contribution in [0.3, 0.4) is 0 Å². The van der Waals surface area contributed by atoms with E-state index in [2.05, 4.69) is 22.9 Å². The molecule has 4 aliphatic carbocycles. The quantitative estimate of drug-likeness (QED) is 0.454. The van der Waals surface area contributed by atoms with E-state index in [0.29, 0.717) is 35.7 Å². The highest BCUT2D eigenvalue weighted by Gasteiger charge is 2.55. The maximum Gasteiger partial charge on any atom is 0.156 e. The Morgan fingerprint density at radius 1 is 1.12 bits per heavy atom. The van der Waals surface area contributed by atoms with E-state index in [1.807, 2.05) is 6.08 Å². The molecule has 25 heavy (non-hydrogen) atoms. The second kappa shape index (κ2) is 6.79. The van der Waals surface area contributed by atoms with E-state index in [-0.39, 0.29) is 5.41 Å². The zero-order valence-corrected chi connectivity index (χ0v) is 16.9. The molecule has 0 aromatic carbocycles. The smallest absolute Gasteiger partial charge is 0.156 e. The van der Waals surface area contributed by atoms with Gasteiger partial charge in [0.05, 0.1) is 0 Å². The molecule has 2 saturated carbocycles. The monoisotopic (exact) mass is 404 g/mol. The minimum atomic E-state index is -0.0838. The van der Waals surface area contributed by atoms with Gasteiger partial charge in [0.2, 0.25) is 0 Å². The molecule has 2 nitrogen and oxygen atoms in total. The van der Waals surface area contributed by atoms with Crippen LogP contribution in [0.2, 0.25) is 0 Å². The third kappa shape index (κ3) is 2.91. The van der Waals surface area contributed by atoms with Crippen molar-refractivity contribution in [2.75, 3.05) is 5.33 Å². The number of halogens is 1. The van der Waals surface area contributed by atoms with Gasteiger partial charge < -0.3 is 0 Å². The zero-order valence-electron chi connectivity index (χ0n) is 15.3. The van der Waals surface area contributed by atoms with Crippen molar-refractivity contribution in [1.82, 2.24) is 0 Å². The molecule has 3 heteroatoms. The lowest BCUT2D eigenvalue weighted by molar-refractivity contribution is -0.129. The van der Waals surface area contributed by atoms with Crippen LogP contribution in [-0.4, -0.2) is 16.9 Å². The first kappa shape index (κ1) is 17.7. The van der Waals surface area contributed by atoms with Crippen LogP contribution in [0.4, 0.5) is 0 Å². The van der Waals surface area contributed by atoms with Gasteiger partial charge in [-0.15, -0.1) is 0 Å². The maximum atomic E-state index is 12.7. The highest BCUT2D eigenvalue weighted by molar-refractivity contribution is 9.09. The SMILES string of the molecule is C[C@]12C[C@H](CCCCBr)C3=C4CCC(=O)C=C4CC[C@H]3[C@@H]1CCC2=O. The maximum absolute atomic E-state index is 12.7. The van der Waals surface area contributed by atoms with E-state index < -0.39 is 0 Å². The van der Waals surface area contributed by atoms with Crippen LogP contribution in [-0.2, 0) is 9.59 Å². The lowest BCUT2D eigenvalue weighted by Gasteiger charge is -2.50. The van der Waals surface area contributed by atoms with Gasteiger partial charge in [0.25, 0.3) is 0 Å². The molecule has 0 saturated heterocycles. The largest absolute Gasteiger partial charge is 0.299 e. The molecule has 0 aromatic heterocycles. The van der Waals surface area contributed by atoms with E-state index in [0.717, 1.165) is 43.9 Å². The highest BCUT2D eigenvalue weighted by Crippen LogP contribution is 2.61. The molecule has 0 heterocycles. The molecule has 0 N–H and O–H groups in total. The summed E-state index contributed by atoms with van der Waals surface area (Å²) in [5.41, 5.74) is 4.46. The Labute approximate surface area is 159 Å². The first-order chi connectivity index (χ1) is 12.0. The van der Waals surface area contributed by atoms with Crippen molar-refractivity contribution >= 4 is 27.5 Å². The van der Waals surface area contributed by atoms with Gasteiger partial charge in [0, 0.05) is 23.6 Å². The fraction of sp³-hybridized carbons (Fsp3) is 0.727. The summed E-state index contributed by atoms with van der Waals surface area (Å²) >= 11 is 3.56. The van der Waals surface area contributed by atoms with E-state index in [1.54, 1.807) is 5.57 Å². The van der Waals surface area contributed by atoms with Gasteiger partial charge in [-0.3, -0.25) is 9.59 Å². The number of Topliss-reactive ketones (excluding diaryl/α,β-unsaturated/α-hetero) is 1. The molecule has 4 aliphatic rings. The molecule has 0 unspecified atom stereocenters. The number of carbonyl (C=O) groups is 2. The number of hydrogen-bond donors (Lipinski definition) is 0. The number of ketones is 2. The Balaban J connectivity index is 1.74. The van der Waals surface area contributed by atoms with Gasteiger partial charge in [-0.2, -0.15) is 0 Å². The van der Waals surface area contributed by atoms with E-state index in [4.69, 9.17) is 0 Å². The van der Waals surface area contributed by atoms with Crippen molar-refractivity contribution in [3.8, 4) is 0 Å². The summed E-state index contributed by atoms with van der Waals surface area (Å²) < 4.78 is 0. The molecule has 0 radical (unpaired) electrons.